The maximum Gasteiger partial charge on any atom is 0.410 e. The van der Waals surface area contributed by atoms with Crippen LogP contribution in [0, 0.1) is 11.3 Å². The SMILES string of the molecule is COC(=O)C1(C)CN(C(=O)OCc2ccccc2)CCC1=O.COC(=O)C1CN(C(=O)OCc2ccccc2)CCC1=O. The maximum atomic E-state index is 12.1. The van der Waals surface area contributed by atoms with Crippen LogP contribution in [-0.4, -0.2) is 85.9 Å². The number of carbonyl (C=O) groups is 6. The largest absolute Gasteiger partial charge is 0.468 e. The zero-order chi connectivity index (χ0) is 31.4. The van der Waals surface area contributed by atoms with Crippen molar-refractivity contribution in [3.05, 3.63) is 71.8 Å². The van der Waals surface area contributed by atoms with E-state index in [1.54, 1.807) is 0 Å². The number of methoxy groups -OCH3 is 2. The van der Waals surface area contributed by atoms with Crippen LogP contribution >= 0.6 is 0 Å². The first-order chi connectivity index (χ1) is 20.6. The molecule has 2 aliphatic heterocycles. The van der Waals surface area contributed by atoms with Crippen molar-refractivity contribution in [3.8, 4) is 0 Å². The lowest BCUT2D eigenvalue weighted by Crippen LogP contribution is -2.54. The molecule has 0 aliphatic carbocycles. The minimum atomic E-state index is -1.32. The van der Waals surface area contributed by atoms with E-state index in [4.69, 9.17) is 9.47 Å². The molecule has 230 valence electrons. The number of nitrogens with zero attached hydrogens (tertiary/aromatic N) is 2. The van der Waals surface area contributed by atoms with Crippen LogP contribution in [0.25, 0.3) is 0 Å². The van der Waals surface area contributed by atoms with Gasteiger partial charge in [-0.25, -0.2) is 9.59 Å². The van der Waals surface area contributed by atoms with Gasteiger partial charge in [0.1, 0.15) is 24.5 Å². The Morgan fingerprint density at radius 3 is 1.79 bits per heavy atom. The van der Waals surface area contributed by atoms with Crippen molar-refractivity contribution in [2.75, 3.05) is 40.4 Å². The summed E-state index contributed by atoms with van der Waals surface area (Å²) in [5.41, 5.74) is 0.432. The van der Waals surface area contributed by atoms with Gasteiger partial charge in [0.25, 0.3) is 0 Å². The highest BCUT2D eigenvalue weighted by Crippen LogP contribution is 2.28. The lowest BCUT2D eigenvalue weighted by atomic mass is 9.81. The molecule has 43 heavy (non-hydrogen) atoms. The highest BCUT2D eigenvalue weighted by atomic mass is 16.6. The van der Waals surface area contributed by atoms with E-state index in [1.165, 1.54) is 30.9 Å². The summed E-state index contributed by atoms with van der Waals surface area (Å²) in [4.78, 5) is 73.8. The number of carbonyl (C=O) groups excluding carboxylic acids is 6. The second-order valence-electron chi connectivity index (χ2n) is 10.2. The van der Waals surface area contributed by atoms with Gasteiger partial charge < -0.3 is 28.7 Å². The normalized spacial score (nSPS) is 19.8. The van der Waals surface area contributed by atoms with E-state index < -0.39 is 35.5 Å². The van der Waals surface area contributed by atoms with Gasteiger partial charge in [0, 0.05) is 39.0 Å². The molecule has 12 nitrogen and oxygen atoms in total. The molecule has 2 atom stereocenters. The number of ether oxygens (including phenoxy) is 4. The van der Waals surface area contributed by atoms with Gasteiger partial charge in [-0.05, 0) is 18.1 Å². The first-order valence-corrected chi connectivity index (χ1v) is 13.7. The number of benzene rings is 2. The molecule has 12 heteroatoms. The van der Waals surface area contributed by atoms with Crippen LogP contribution in [0.4, 0.5) is 9.59 Å². The minimum absolute atomic E-state index is 0.0130. The van der Waals surface area contributed by atoms with Crippen molar-refractivity contribution in [2.45, 2.75) is 33.0 Å². The highest BCUT2D eigenvalue weighted by molar-refractivity contribution is 6.04. The van der Waals surface area contributed by atoms with Crippen LogP contribution in [0.5, 0.6) is 0 Å². The molecule has 4 rings (SSSR count). The average molecular weight is 597 g/mol. The van der Waals surface area contributed by atoms with Crippen LogP contribution in [-0.2, 0) is 51.3 Å². The summed E-state index contributed by atoms with van der Waals surface area (Å²) in [6.45, 7) is 2.31. The Labute approximate surface area is 249 Å². The van der Waals surface area contributed by atoms with E-state index in [0.29, 0.717) is 0 Å². The van der Waals surface area contributed by atoms with Gasteiger partial charge in [0.05, 0.1) is 14.2 Å². The van der Waals surface area contributed by atoms with Gasteiger partial charge in [0.15, 0.2) is 11.6 Å². The smallest absolute Gasteiger partial charge is 0.410 e. The fourth-order valence-corrected chi connectivity index (χ4v) is 4.59. The maximum absolute atomic E-state index is 12.1. The number of esters is 2. The lowest BCUT2D eigenvalue weighted by molar-refractivity contribution is -0.160. The molecule has 0 spiro atoms. The Morgan fingerprint density at radius 2 is 1.28 bits per heavy atom. The molecule has 2 aromatic carbocycles. The third-order valence-electron chi connectivity index (χ3n) is 7.20. The molecule has 2 fully saturated rings. The van der Waals surface area contributed by atoms with E-state index in [2.05, 4.69) is 9.47 Å². The second kappa shape index (κ2) is 15.5. The van der Waals surface area contributed by atoms with Crippen molar-refractivity contribution >= 4 is 35.7 Å². The zero-order valence-electron chi connectivity index (χ0n) is 24.5. The number of hydrogen-bond acceptors (Lipinski definition) is 10. The van der Waals surface area contributed by atoms with Crippen LogP contribution in [0.15, 0.2) is 60.7 Å². The van der Waals surface area contributed by atoms with Gasteiger partial charge in [-0.2, -0.15) is 0 Å². The predicted octanol–water partition coefficient (Wildman–Crippen LogP) is 3.16. The molecular weight excluding hydrogens is 560 g/mol. The molecule has 2 saturated heterocycles. The topological polar surface area (TPSA) is 146 Å². The lowest BCUT2D eigenvalue weighted by Gasteiger charge is -2.36. The van der Waals surface area contributed by atoms with Crippen molar-refractivity contribution in [1.29, 1.82) is 0 Å². The molecule has 2 amide bonds. The van der Waals surface area contributed by atoms with E-state index in [0.717, 1.165) is 11.1 Å². The van der Waals surface area contributed by atoms with Crippen LogP contribution in [0.1, 0.15) is 30.9 Å². The Hall–Kier alpha value is -4.74. The van der Waals surface area contributed by atoms with Gasteiger partial charge in [-0.1, -0.05) is 60.7 Å². The third kappa shape index (κ3) is 8.87. The number of ketones is 2. The molecule has 2 aliphatic rings. The molecule has 2 aromatic rings. The molecule has 0 saturated carbocycles. The van der Waals surface area contributed by atoms with E-state index in [-0.39, 0.29) is 63.8 Å². The average Bonchev–Trinajstić information content (AvgIpc) is 3.04. The summed E-state index contributed by atoms with van der Waals surface area (Å²) in [5, 5.41) is 0. The molecule has 0 aromatic heterocycles. The standard InChI is InChI=1S/C16H19NO5.C15H17NO5/c1-16(14(19)21-2)11-17(9-8-13(16)18)15(20)22-10-12-6-4-3-5-7-12;1-20-14(18)12-9-16(8-7-13(12)17)15(19)21-10-11-5-3-2-4-6-11/h3-7H,8-11H2,1-2H3;2-6,12H,7-10H2,1H3. The Bertz CT molecular complexity index is 1280. The van der Waals surface area contributed by atoms with E-state index in [1.807, 2.05) is 60.7 Å². The molecule has 0 radical (unpaired) electrons. The highest BCUT2D eigenvalue weighted by Gasteiger charge is 2.47. The van der Waals surface area contributed by atoms with Gasteiger partial charge >= 0.3 is 24.1 Å². The van der Waals surface area contributed by atoms with Crippen molar-refractivity contribution < 1.29 is 47.7 Å². The van der Waals surface area contributed by atoms with E-state index >= 15 is 0 Å². The summed E-state index contributed by atoms with van der Waals surface area (Å²) >= 11 is 0. The van der Waals surface area contributed by atoms with Crippen LogP contribution in [0.2, 0.25) is 0 Å². The van der Waals surface area contributed by atoms with Crippen molar-refractivity contribution in [1.82, 2.24) is 9.80 Å². The summed E-state index contributed by atoms with van der Waals surface area (Å²) in [6.07, 6.45) is -0.807. The van der Waals surface area contributed by atoms with Crippen molar-refractivity contribution in [3.63, 3.8) is 0 Å². The van der Waals surface area contributed by atoms with Crippen LogP contribution < -0.4 is 0 Å². The molecule has 0 bridgehead atoms. The quantitative estimate of drug-likeness (QED) is 0.277. The molecular formula is C31H36N2O10. The molecule has 0 N–H and O–H groups in total. The van der Waals surface area contributed by atoms with Gasteiger partial charge in [-0.3, -0.25) is 19.2 Å². The Morgan fingerprint density at radius 1 is 0.767 bits per heavy atom. The monoisotopic (exact) mass is 596 g/mol. The number of rotatable bonds is 6. The number of Topliss-reactive ketones (excluding diaryl/α,β-unsaturated/α-hetero) is 2. The van der Waals surface area contributed by atoms with Crippen LogP contribution in [0.3, 0.4) is 0 Å². The number of likely N-dealkylation sites (tertiary alicyclic amines) is 2. The molecule has 2 heterocycles. The summed E-state index contributed by atoms with van der Waals surface area (Å²) in [7, 11) is 2.45. The van der Waals surface area contributed by atoms with Crippen molar-refractivity contribution in [2.24, 2.45) is 11.3 Å². The number of piperidine rings is 2. The fourth-order valence-electron chi connectivity index (χ4n) is 4.59. The number of amides is 2. The van der Waals surface area contributed by atoms with Gasteiger partial charge in [0.2, 0.25) is 0 Å². The summed E-state index contributed by atoms with van der Waals surface area (Å²) in [6, 6.07) is 18.6. The number of hydrogen-bond donors (Lipinski definition) is 0. The van der Waals surface area contributed by atoms with E-state index in [9.17, 15) is 28.8 Å². The summed E-state index contributed by atoms with van der Waals surface area (Å²) < 4.78 is 19.7. The predicted molar refractivity (Wildman–Crippen MR) is 151 cm³/mol. The minimum Gasteiger partial charge on any atom is -0.468 e. The molecule has 2 unspecified atom stereocenters. The summed E-state index contributed by atoms with van der Waals surface area (Å²) in [5.74, 6) is -2.56. The first kappa shape index (κ1) is 32.8. The Balaban J connectivity index is 0.000000236. The first-order valence-electron chi connectivity index (χ1n) is 13.7. The van der Waals surface area contributed by atoms with Gasteiger partial charge in [-0.15, -0.1) is 0 Å². The zero-order valence-corrected chi connectivity index (χ0v) is 24.5. The fraction of sp³-hybridized carbons (Fsp3) is 0.419. The third-order valence-corrected chi connectivity index (χ3v) is 7.20. The second-order valence-corrected chi connectivity index (χ2v) is 10.2. The Kier molecular flexibility index (Phi) is 11.8.